The molecule has 0 saturated heterocycles. The van der Waals surface area contributed by atoms with Gasteiger partial charge in [0.25, 0.3) is 5.91 Å². The summed E-state index contributed by atoms with van der Waals surface area (Å²) in [5, 5.41) is 11.1. The molecule has 0 aromatic heterocycles. The molecule has 0 aromatic rings. The van der Waals surface area contributed by atoms with Crippen LogP contribution in [0.4, 0.5) is 0 Å². The molecule has 0 aromatic carbocycles. The Morgan fingerprint density at radius 2 is 2.08 bits per heavy atom. The molecule has 0 radical (unpaired) electrons. The minimum Gasteiger partial charge on any atom is -0.480 e. The molecule has 0 rings (SSSR count). The molecule has 72 valence electrons. The average molecular weight is 183 g/mol. The fourth-order valence-corrected chi connectivity index (χ4v) is 0.688. The fourth-order valence-electron chi connectivity index (χ4n) is 0.688. The van der Waals surface area contributed by atoms with Gasteiger partial charge in [-0.2, -0.15) is 0 Å². The van der Waals surface area contributed by atoms with E-state index in [9.17, 15) is 9.59 Å². The number of nitrogens with one attached hydrogen (secondary N) is 1. The summed E-state index contributed by atoms with van der Waals surface area (Å²) in [7, 11) is 0. The van der Waals surface area contributed by atoms with Crippen LogP contribution in [0.3, 0.4) is 0 Å². The van der Waals surface area contributed by atoms with E-state index in [1.54, 1.807) is 6.92 Å². The van der Waals surface area contributed by atoms with Crippen LogP contribution in [0.1, 0.15) is 27.2 Å². The highest BCUT2D eigenvalue weighted by Crippen LogP contribution is 2.08. The molecule has 0 fully saturated rings. The minimum absolute atomic E-state index is 0.319. The molecule has 4 heteroatoms. The van der Waals surface area contributed by atoms with Crippen molar-refractivity contribution in [3.05, 3.63) is 0 Å². The summed E-state index contributed by atoms with van der Waals surface area (Å²) in [5.41, 5.74) is -1.22. The highest BCUT2D eigenvalue weighted by atomic mass is 16.4. The Labute approximate surface area is 77.3 Å². The van der Waals surface area contributed by atoms with Crippen LogP contribution in [0.2, 0.25) is 0 Å². The Balaban J connectivity index is 4.51. The second kappa shape index (κ2) is 4.51. The quantitative estimate of drug-likeness (QED) is 0.621. The van der Waals surface area contributed by atoms with Crippen LogP contribution in [0.25, 0.3) is 0 Å². The number of carbonyl (C=O) groups excluding carboxylic acids is 1. The van der Waals surface area contributed by atoms with Gasteiger partial charge >= 0.3 is 5.97 Å². The van der Waals surface area contributed by atoms with Gasteiger partial charge < -0.3 is 10.4 Å². The normalized spacial score (nSPS) is 13.5. The predicted molar refractivity (Wildman–Crippen MR) is 47.9 cm³/mol. The number of carboxylic acids is 1. The SMILES string of the molecule is CC#CC(=O)NC(C)(CC)C(=O)O. The van der Waals surface area contributed by atoms with Gasteiger partial charge in [-0.25, -0.2) is 4.79 Å². The van der Waals surface area contributed by atoms with Gasteiger partial charge in [0, 0.05) is 0 Å². The lowest BCUT2D eigenvalue weighted by Gasteiger charge is -2.22. The molecule has 0 aliphatic carbocycles. The minimum atomic E-state index is -1.22. The maximum absolute atomic E-state index is 11.0. The lowest BCUT2D eigenvalue weighted by molar-refractivity contribution is -0.146. The third-order valence-corrected chi connectivity index (χ3v) is 1.81. The van der Waals surface area contributed by atoms with Crippen molar-refractivity contribution in [1.29, 1.82) is 0 Å². The molecule has 13 heavy (non-hydrogen) atoms. The number of amides is 1. The number of aliphatic carboxylic acids is 1. The van der Waals surface area contributed by atoms with Crippen molar-refractivity contribution in [1.82, 2.24) is 5.32 Å². The van der Waals surface area contributed by atoms with E-state index in [0.29, 0.717) is 6.42 Å². The molecule has 0 heterocycles. The van der Waals surface area contributed by atoms with Gasteiger partial charge in [-0.3, -0.25) is 4.79 Å². The monoisotopic (exact) mass is 183 g/mol. The number of carbonyl (C=O) groups is 2. The first-order valence-electron chi connectivity index (χ1n) is 3.94. The van der Waals surface area contributed by atoms with Crippen molar-refractivity contribution < 1.29 is 14.7 Å². The Kier molecular flexibility index (Phi) is 3.99. The Morgan fingerprint density at radius 3 is 2.38 bits per heavy atom. The standard InChI is InChI=1S/C9H13NO3/c1-4-6-7(11)10-9(3,5-2)8(12)13/h5H2,1-3H3,(H,10,11)(H,12,13). The van der Waals surface area contributed by atoms with Gasteiger partial charge in [0.15, 0.2) is 0 Å². The van der Waals surface area contributed by atoms with Gasteiger partial charge in [0.1, 0.15) is 5.54 Å². The van der Waals surface area contributed by atoms with Crippen molar-refractivity contribution in [2.24, 2.45) is 0 Å². The van der Waals surface area contributed by atoms with Crippen LogP contribution >= 0.6 is 0 Å². The molecule has 1 unspecified atom stereocenters. The first-order valence-corrected chi connectivity index (χ1v) is 3.94. The Bertz CT molecular complexity index is 274. The molecular formula is C9H13NO3. The first-order chi connectivity index (χ1) is 5.96. The highest BCUT2D eigenvalue weighted by Gasteiger charge is 2.32. The molecule has 2 N–H and O–H groups in total. The Morgan fingerprint density at radius 1 is 1.54 bits per heavy atom. The molecule has 0 aliphatic rings. The summed E-state index contributed by atoms with van der Waals surface area (Å²) in [4.78, 5) is 21.7. The molecule has 4 nitrogen and oxygen atoms in total. The van der Waals surface area contributed by atoms with Gasteiger partial charge in [-0.05, 0) is 26.2 Å². The largest absolute Gasteiger partial charge is 0.480 e. The van der Waals surface area contributed by atoms with E-state index < -0.39 is 17.4 Å². The van der Waals surface area contributed by atoms with E-state index in [-0.39, 0.29) is 0 Å². The molecule has 1 atom stereocenters. The van der Waals surface area contributed by atoms with Crippen molar-refractivity contribution in [3.8, 4) is 11.8 Å². The zero-order valence-electron chi connectivity index (χ0n) is 7.97. The molecule has 0 bridgehead atoms. The molecular weight excluding hydrogens is 170 g/mol. The van der Waals surface area contributed by atoms with Crippen molar-refractivity contribution in [2.75, 3.05) is 0 Å². The Hall–Kier alpha value is -1.50. The predicted octanol–water partition coefficient (Wildman–Crippen LogP) is 0.379. The third kappa shape index (κ3) is 3.16. The second-order valence-corrected chi connectivity index (χ2v) is 2.82. The van der Waals surface area contributed by atoms with Gasteiger partial charge in [-0.15, -0.1) is 0 Å². The number of carboxylic acid groups (broad SMARTS) is 1. The highest BCUT2D eigenvalue weighted by molar-refractivity contribution is 5.97. The maximum atomic E-state index is 11.0. The van der Waals surface area contributed by atoms with Crippen LogP contribution in [0.15, 0.2) is 0 Å². The van der Waals surface area contributed by atoms with Crippen molar-refractivity contribution in [2.45, 2.75) is 32.7 Å². The van der Waals surface area contributed by atoms with E-state index in [2.05, 4.69) is 17.2 Å². The van der Waals surface area contributed by atoms with Gasteiger partial charge in [0.2, 0.25) is 0 Å². The van der Waals surface area contributed by atoms with E-state index in [4.69, 9.17) is 5.11 Å². The van der Waals surface area contributed by atoms with E-state index >= 15 is 0 Å². The summed E-state index contributed by atoms with van der Waals surface area (Å²) < 4.78 is 0. The number of hydrogen-bond donors (Lipinski definition) is 2. The van der Waals surface area contributed by atoms with E-state index in [1.165, 1.54) is 13.8 Å². The molecule has 0 saturated carbocycles. The topological polar surface area (TPSA) is 66.4 Å². The van der Waals surface area contributed by atoms with Crippen LogP contribution in [-0.2, 0) is 9.59 Å². The lowest BCUT2D eigenvalue weighted by Crippen LogP contribution is -2.51. The molecule has 1 amide bonds. The molecule has 0 spiro atoms. The number of rotatable bonds is 3. The van der Waals surface area contributed by atoms with Crippen LogP contribution < -0.4 is 5.32 Å². The summed E-state index contributed by atoms with van der Waals surface area (Å²) in [6.45, 7) is 4.65. The summed E-state index contributed by atoms with van der Waals surface area (Å²) in [6.07, 6.45) is 0.319. The summed E-state index contributed by atoms with van der Waals surface area (Å²) in [5.74, 6) is 3.01. The summed E-state index contributed by atoms with van der Waals surface area (Å²) >= 11 is 0. The van der Waals surface area contributed by atoms with Crippen LogP contribution in [0, 0.1) is 11.8 Å². The van der Waals surface area contributed by atoms with Crippen LogP contribution in [-0.4, -0.2) is 22.5 Å². The lowest BCUT2D eigenvalue weighted by atomic mass is 9.99. The second-order valence-electron chi connectivity index (χ2n) is 2.82. The fraction of sp³-hybridized carbons (Fsp3) is 0.556. The van der Waals surface area contributed by atoms with E-state index in [0.717, 1.165) is 0 Å². The van der Waals surface area contributed by atoms with Gasteiger partial charge in [-0.1, -0.05) is 12.8 Å². The van der Waals surface area contributed by atoms with Gasteiger partial charge in [0.05, 0.1) is 0 Å². The van der Waals surface area contributed by atoms with E-state index in [1.807, 2.05) is 0 Å². The zero-order valence-corrected chi connectivity index (χ0v) is 7.97. The molecule has 0 aliphatic heterocycles. The number of hydrogen-bond acceptors (Lipinski definition) is 2. The third-order valence-electron chi connectivity index (χ3n) is 1.81. The zero-order chi connectivity index (χ0) is 10.5. The van der Waals surface area contributed by atoms with Crippen molar-refractivity contribution in [3.63, 3.8) is 0 Å². The average Bonchev–Trinajstić information content (AvgIpc) is 2.04. The first kappa shape index (κ1) is 11.5. The summed E-state index contributed by atoms with van der Waals surface area (Å²) in [6, 6.07) is 0. The maximum Gasteiger partial charge on any atom is 0.329 e. The smallest absolute Gasteiger partial charge is 0.329 e. The van der Waals surface area contributed by atoms with Crippen molar-refractivity contribution >= 4 is 11.9 Å². The van der Waals surface area contributed by atoms with Crippen LogP contribution in [0.5, 0.6) is 0 Å².